The van der Waals surface area contributed by atoms with Crippen molar-refractivity contribution in [3.63, 3.8) is 0 Å². The van der Waals surface area contributed by atoms with Crippen LogP contribution in [0.1, 0.15) is 31.2 Å². The highest BCUT2D eigenvalue weighted by Crippen LogP contribution is 2.32. The third kappa shape index (κ3) is 4.43. The average molecular weight is 325 g/mol. The monoisotopic (exact) mass is 324 g/mol. The second-order valence-corrected chi connectivity index (χ2v) is 7.00. The molecule has 0 spiro atoms. The van der Waals surface area contributed by atoms with Crippen LogP contribution in [0, 0.1) is 17.7 Å². The fraction of sp³-hybridized carbons (Fsp3) is 0.588. The highest BCUT2D eigenvalue weighted by molar-refractivity contribution is 6.30. The first kappa shape index (κ1) is 15.8. The number of halogens is 2. The summed E-state index contributed by atoms with van der Waals surface area (Å²) in [6.07, 6.45) is 4.22. The zero-order chi connectivity index (χ0) is 15.5. The van der Waals surface area contributed by atoms with Gasteiger partial charge in [0.2, 0.25) is 5.91 Å². The van der Waals surface area contributed by atoms with Gasteiger partial charge in [-0.25, -0.2) is 4.39 Å². The first-order valence-corrected chi connectivity index (χ1v) is 8.41. The minimum Gasteiger partial charge on any atom is -0.356 e. The van der Waals surface area contributed by atoms with E-state index in [9.17, 15) is 9.18 Å². The van der Waals surface area contributed by atoms with E-state index in [1.165, 1.54) is 18.9 Å². The van der Waals surface area contributed by atoms with Gasteiger partial charge in [0.05, 0.1) is 5.02 Å². The molecule has 1 aromatic carbocycles. The van der Waals surface area contributed by atoms with Crippen molar-refractivity contribution < 1.29 is 9.18 Å². The molecule has 0 radical (unpaired) electrons. The third-order valence-electron chi connectivity index (χ3n) is 4.52. The van der Waals surface area contributed by atoms with Gasteiger partial charge in [-0.1, -0.05) is 17.7 Å². The lowest BCUT2D eigenvalue weighted by molar-refractivity contribution is -0.121. The molecular formula is C17H22ClFN2O. The first-order chi connectivity index (χ1) is 10.6. The molecule has 120 valence electrons. The van der Waals surface area contributed by atoms with Crippen molar-refractivity contribution in [2.45, 2.75) is 32.2 Å². The van der Waals surface area contributed by atoms with Gasteiger partial charge in [0.15, 0.2) is 0 Å². The molecule has 3 rings (SSSR count). The van der Waals surface area contributed by atoms with Crippen molar-refractivity contribution >= 4 is 17.5 Å². The quantitative estimate of drug-likeness (QED) is 0.871. The summed E-state index contributed by atoms with van der Waals surface area (Å²) >= 11 is 5.82. The molecule has 1 aliphatic carbocycles. The van der Waals surface area contributed by atoms with Crippen LogP contribution in [0.3, 0.4) is 0 Å². The molecule has 1 aromatic rings. The molecule has 0 unspecified atom stereocenters. The van der Waals surface area contributed by atoms with Gasteiger partial charge >= 0.3 is 0 Å². The standard InChI is InChI=1S/C17H22ClFN2O/c18-15-7-13(3-4-16(15)19)10-21-6-5-14(11-21)9-20-17(22)8-12-1-2-12/h3-4,7,12,14H,1-2,5-6,8-11H2,(H,20,22)/t14-/m1/s1. The summed E-state index contributed by atoms with van der Waals surface area (Å²) in [5, 5.41) is 3.24. The van der Waals surface area contributed by atoms with Crippen LogP contribution < -0.4 is 5.32 Å². The van der Waals surface area contributed by atoms with Gasteiger partial charge in [-0.3, -0.25) is 9.69 Å². The Morgan fingerprint density at radius 1 is 1.32 bits per heavy atom. The van der Waals surface area contributed by atoms with Crippen LogP contribution in [-0.2, 0) is 11.3 Å². The molecule has 1 amide bonds. The molecule has 0 aromatic heterocycles. The van der Waals surface area contributed by atoms with E-state index < -0.39 is 0 Å². The molecule has 1 heterocycles. The van der Waals surface area contributed by atoms with Gasteiger partial charge in [0.25, 0.3) is 0 Å². The molecule has 1 saturated heterocycles. The normalized spacial score (nSPS) is 22.0. The van der Waals surface area contributed by atoms with Crippen LogP contribution in [0.2, 0.25) is 5.02 Å². The van der Waals surface area contributed by atoms with Gasteiger partial charge in [0, 0.05) is 26.1 Å². The molecular weight excluding hydrogens is 303 g/mol. The lowest BCUT2D eigenvalue weighted by Gasteiger charge is -2.16. The molecule has 1 aliphatic heterocycles. The Bertz CT molecular complexity index is 547. The summed E-state index contributed by atoms with van der Waals surface area (Å²) in [6.45, 7) is 3.54. The Kier molecular flexibility index (Phi) is 4.99. The van der Waals surface area contributed by atoms with Gasteiger partial charge in [-0.15, -0.1) is 0 Å². The van der Waals surface area contributed by atoms with E-state index >= 15 is 0 Å². The van der Waals surface area contributed by atoms with Gasteiger partial charge < -0.3 is 5.32 Å². The summed E-state index contributed by atoms with van der Waals surface area (Å²) in [7, 11) is 0. The average Bonchev–Trinajstić information content (AvgIpc) is 3.18. The second kappa shape index (κ2) is 6.97. The highest BCUT2D eigenvalue weighted by Gasteiger charge is 2.26. The van der Waals surface area contributed by atoms with Crippen molar-refractivity contribution in [2.24, 2.45) is 11.8 Å². The summed E-state index contributed by atoms with van der Waals surface area (Å²) in [4.78, 5) is 14.1. The van der Waals surface area contributed by atoms with Crippen molar-refractivity contribution in [1.82, 2.24) is 10.2 Å². The number of hydrogen-bond acceptors (Lipinski definition) is 2. The number of carbonyl (C=O) groups excluding carboxylic acids is 1. The van der Waals surface area contributed by atoms with E-state index in [0.29, 0.717) is 18.3 Å². The third-order valence-corrected chi connectivity index (χ3v) is 4.81. The van der Waals surface area contributed by atoms with Gasteiger partial charge in [-0.05, 0) is 55.3 Å². The van der Waals surface area contributed by atoms with Gasteiger partial charge in [0.1, 0.15) is 5.82 Å². The molecule has 0 bridgehead atoms. The fourth-order valence-corrected chi connectivity index (χ4v) is 3.24. The maximum Gasteiger partial charge on any atom is 0.220 e. The van der Waals surface area contributed by atoms with Gasteiger partial charge in [-0.2, -0.15) is 0 Å². The van der Waals surface area contributed by atoms with Crippen LogP contribution in [0.5, 0.6) is 0 Å². The minimum atomic E-state index is -0.372. The Morgan fingerprint density at radius 3 is 2.86 bits per heavy atom. The maximum atomic E-state index is 13.2. The van der Waals surface area contributed by atoms with E-state index in [4.69, 9.17) is 11.6 Å². The molecule has 22 heavy (non-hydrogen) atoms. The van der Waals surface area contributed by atoms with Crippen molar-refractivity contribution in [1.29, 1.82) is 0 Å². The zero-order valence-corrected chi connectivity index (χ0v) is 13.4. The Morgan fingerprint density at radius 2 is 2.14 bits per heavy atom. The summed E-state index contributed by atoms with van der Waals surface area (Å²) in [5.74, 6) is 0.983. The lowest BCUT2D eigenvalue weighted by atomic mass is 10.1. The predicted octanol–water partition coefficient (Wildman–Crippen LogP) is 3.22. The van der Waals surface area contributed by atoms with Crippen LogP contribution in [0.25, 0.3) is 0 Å². The predicted molar refractivity (Wildman–Crippen MR) is 85.1 cm³/mol. The maximum absolute atomic E-state index is 13.2. The van der Waals surface area contributed by atoms with Crippen molar-refractivity contribution in [3.05, 3.63) is 34.6 Å². The number of carbonyl (C=O) groups is 1. The summed E-state index contributed by atoms with van der Waals surface area (Å²) < 4.78 is 13.2. The minimum absolute atomic E-state index is 0.181. The molecule has 1 N–H and O–H groups in total. The number of hydrogen-bond donors (Lipinski definition) is 1. The molecule has 3 nitrogen and oxygen atoms in total. The van der Waals surface area contributed by atoms with Crippen LogP contribution in [0.15, 0.2) is 18.2 Å². The number of rotatable bonds is 6. The molecule has 1 saturated carbocycles. The topological polar surface area (TPSA) is 32.3 Å². The van der Waals surface area contributed by atoms with Crippen molar-refractivity contribution in [2.75, 3.05) is 19.6 Å². The number of benzene rings is 1. The van der Waals surface area contributed by atoms with E-state index in [0.717, 1.165) is 38.2 Å². The largest absolute Gasteiger partial charge is 0.356 e. The molecule has 2 fully saturated rings. The van der Waals surface area contributed by atoms with Crippen molar-refractivity contribution in [3.8, 4) is 0 Å². The SMILES string of the molecule is O=C(CC1CC1)NC[C@H]1CCN(Cc2ccc(F)c(Cl)c2)C1. The van der Waals surface area contributed by atoms with E-state index in [1.807, 2.05) is 0 Å². The second-order valence-electron chi connectivity index (χ2n) is 6.59. The Labute approximate surface area is 135 Å². The number of likely N-dealkylation sites (tertiary alicyclic amines) is 1. The lowest BCUT2D eigenvalue weighted by Crippen LogP contribution is -2.31. The van der Waals surface area contributed by atoms with Crippen LogP contribution in [0.4, 0.5) is 4.39 Å². The Hall–Kier alpha value is -1.13. The smallest absolute Gasteiger partial charge is 0.220 e. The summed E-state index contributed by atoms with van der Waals surface area (Å²) in [6, 6.07) is 4.90. The molecule has 5 heteroatoms. The zero-order valence-electron chi connectivity index (χ0n) is 12.7. The van der Waals surface area contributed by atoms with E-state index in [1.54, 1.807) is 12.1 Å². The summed E-state index contributed by atoms with van der Waals surface area (Å²) in [5.41, 5.74) is 1.03. The van der Waals surface area contributed by atoms with Crippen LogP contribution >= 0.6 is 11.6 Å². The van der Waals surface area contributed by atoms with E-state index in [-0.39, 0.29) is 16.7 Å². The first-order valence-electron chi connectivity index (χ1n) is 8.03. The number of amides is 1. The highest BCUT2D eigenvalue weighted by atomic mass is 35.5. The number of nitrogens with one attached hydrogen (secondary N) is 1. The Balaban J connectivity index is 1.41. The molecule has 2 aliphatic rings. The molecule has 1 atom stereocenters. The van der Waals surface area contributed by atoms with E-state index in [2.05, 4.69) is 10.2 Å². The fourth-order valence-electron chi connectivity index (χ4n) is 3.03. The van der Waals surface area contributed by atoms with Crippen LogP contribution in [-0.4, -0.2) is 30.4 Å². The number of nitrogens with zero attached hydrogens (tertiary/aromatic N) is 1.